The Bertz CT molecular complexity index is 1140. The molecule has 0 aliphatic carbocycles. The number of rotatable bonds is 5. The number of para-hydroxylation sites is 1. The second-order valence-electron chi connectivity index (χ2n) is 6.18. The van der Waals surface area contributed by atoms with Crippen LogP contribution in [0.4, 0.5) is 5.69 Å². The number of anilines is 1. The van der Waals surface area contributed by atoms with Gasteiger partial charge in [-0.2, -0.15) is 0 Å². The maximum atomic E-state index is 12.8. The minimum absolute atomic E-state index is 0.0891. The van der Waals surface area contributed by atoms with Gasteiger partial charge in [0, 0.05) is 12.1 Å². The summed E-state index contributed by atoms with van der Waals surface area (Å²) in [5.41, 5.74) is 1.02. The van der Waals surface area contributed by atoms with Crippen molar-refractivity contribution in [1.82, 2.24) is 9.36 Å². The van der Waals surface area contributed by atoms with Crippen molar-refractivity contribution in [3.8, 4) is 5.69 Å². The van der Waals surface area contributed by atoms with Crippen LogP contribution in [0.15, 0.2) is 53.3 Å². The van der Waals surface area contributed by atoms with E-state index in [0.717, 1.165) is 0 Å². The lowest BCUT2D eigenvalue weighted by Crippen LogP contribution is -2.25. The summed E-state index contributed by atoms with van der Waals surface area (Å²) in [6.45, 7) is 1.13. The number of nitrogens with zero attached hydrogens (tertiary/aromatic N) is 2. The molecule has 2 aromatic carbocycles. The lowest BCUT2D eigenvalue weighted by atomic mass is 10.2. The van der Waals surface area contributed by atoms with Crippen LogP contribution >= 0.6 is 23.2 Å². The van der Waals surface area contributed by atoms with Crippen molar-refractivity contribution in [3.05, 3.63) is 80.2 Å². The Morgan fingerprint density at radius 1 is 1.10 bits per heavy atom. The van der Waals surface area contributed by atoms with E-state index in [1.165, 1.54) is 22.9 Å². The molecule has 0 aliphatic heterocycles. The van der Waals surface area contributed by atoms with Crippen molar-refractivity contribution in [1.29, 1.82) is 0 Å². The van der Waals surface area contributed by atoms with E-state index in [0.29, 0.717) is 16.4 Å². The summed E-state index contributed by atoms with van der Waals surface area (Å²) in [5.74, 6) is -1.41. The molecule has 3 aromatic rings. The number of carbonyl (C=O) groups is 2. The summed E-state index contributed by atoms with van der Waals surface area (Å²) in [7, 11) is 1.71. The molecule has 7 nitrogen and oxygen atoms in total. The Labute approximate surface area is 176 Å². The van der Waals surface area contributed by atoms with Gasteiger partial charge in [-0.05, 0) is 37.3 Å². The molecule has 0 unspecified atom stereocenters. The summed E-state index contributed by atoms with van der Waals surface area (Å²) in [6.07, 6.45) is 0. The molecule has 0 saturated carbocycles. The first-order valence-corrected chi connectivity index (χ1v) is 9.31. The minimum atomic E-state index is -0.770. The fourth-order valence-corrected chi connectivity index (χ4v) is 3.24. The molecule has 0 saturated heterocycles. The van der Waals surface area contributed by atoms with E-state index >= 15 is 0 Å². The van der Waals surface area contributed by atoms with Crippen molar-refractivity contribution in [2.75, 3.05) is 11.9 Å². The Kier molecular flexibility index (Phi) is 6.10. The highest BCUT2D eigenvalue weighted by molar-refractivity contribution is 6.36. The van der Waals surface area contributed by atoms with Gasteiger partial charge in [0.15, 0.2) is 6.61 Å². The van der Waals surface area contributed by atoms with Gasteiger partial charge in [-0.15, -0.1) is 0 Å². The molecule has 29 heavy (non-hydrogen) atoms. The summed E-state index contributed by atoms with van der Waals surface area (Å²) in [6, 6.07) is 13.3. The van der Waals surface area contributed by atoms with Crippen LogP contribution in [0.25, 0.3) is 5.69 Å². The highest BCUT2D eigenvalue weighted by Gasteiger charge is 2.19. The molecule has 0 aliphatic rings. The monoisotopic (exact) mass is 433 g/mol. The Balaban J connectivity index is 1.73. The third kappa shape index (κ3) is 4.36. The number of nitrogens with one attached hydrogen (secondary N) is 1. The third-order valence-corrected chi connectivity index (χ3v) is 4.85. The largest absolute Gasteiger partial charge is 0.452 e. The number of hydrogen-bond donors (Lipinski definition) is 1. The van der Waals surface area contributed by atoms with E-state index in [1.807, 2.05) is 18.2 Å². The highest BCUT2D eigenvalue weighted by atomic mass is 35.5. The number of amides is 1. The van der Waals surface area contributed by atoms with Gasteiger partial charge >= 0.3 is 5.97 Å². The molecule has 0 spiro atoms. The molecule has 1 N–H and O–H groups in total. The van der Waals surface area contributed by atoms with Crippen LogP contribution in [0, 0.1) is 6.92 Å². The number of benzene rings is 2. The fourth-order valence-electron chi connectivity index (χ4n) is 2.75. The second-order valence-corrected chi connectivity index (χ2v) is 7.03. The Hall–Kier alpha value is -3.03. The zero-order chi connectivity index (χ0) is 21.1. The van der Waals surface area contributed by atoms with E-state index in [4.69, 9.17) is 27.9 Å². The van der Waals surface area contributed by atoms with Crippen molar-refractivity contribution in [3.63, 3.8) is 0 Å². The molecule has 0 fully saturated rings. The minimum Gasteiger partial charge on any atom is -0.452 e. The number of ether oxygens (including phenoxy) is 1. The lowest BCUT2D eigenvalue weighted by molar-refractivity contribution is -0.119. The standard InChI is InChI=1S/C20H17Cl2N3O4/c1-12-18(19(27)25(24(12)2)14-6-4-3-5-7-14)23-17(26)11-29-20(28)15-9-8-13(21)10-16(15)22/h3-10H,11H2,1-2H3,(H,23,26). The molecule has 0 radical (unpaired) electrons. The smallest absolute Gasteiger partial charge is 0.340 e. The van der Waals surface area contributed by atoms with Gasteiger partial charge in [-0.25, -0.2) is 9.48 Å². The predicted molar refractivity (Wildman–Crippen MR) is 111 cm³/mol. The maximum absolute atomic E-state index is 12.8. The van der Waals surface area contributed by atoms with Crippen molar-refractivity contribution in [2.45, 2.75) is 6.92 Å². The Morgan fingerprint density at radius 3 is 2.45 bits per heavy atom. The van der Waals surface area contributed by atoms with Crippen molar-refractivity contribution >= 4 is 40.8 Å². The van der Waals surface area contributed by atoms with E-state index < -0.39 is 24.0 Å². The zero-order valence-corrected chi connectivity index (χ0v) is 17.1. The molecule has 9 heteroatoms. The second kappa shape index (κ2) is 8.55. The van der Waals surface area contributed by atoms with E-state index in [-0.39, 0.29) is 16.3 Å². The van der Waals surface area contributed by atoms with Gasteiger partial charge < -0.3 is 10.1 Å². The van der Waals surface area contributed by atoms with Gasteiger partial charge in [-0.1, -0.05) is 41.4 Å². The number of halogens is 2. The average Bonchev–Trinajstić information content (AvgIpc) is 2.90. The summed E-state index contributed by atoms with van der Waals surface area (Å²) >= 11 is 11.8. The molecule has 0 atom stereocenters. The summed E-state index contributed by atoms with van der Waals surface area (Å²) in [5, 5.41) is 3.01. The lowest BCUT2D eigenvalue weighted by Gasteiger charge is -2.07. The van der Waals surface area contributed by atoms with Crippen LogP contribution < -0.4 is 10.9 Å². The Morgan fingerprint density at radius 2 is 1.79 bits per heavy atom. The van der Waals surface area contributed by atoms with Crippen molar-refractivity contribution < 1.29 is 14.3 Å². The molecular weight excluding hydrogens is 417 g/mol. The summed E-state index contributed by atoms with van der Waals surface area (Å²) in [4.78, 5) is 37.1. The number of aromatic nitrogens is 2. The maximum Gasteiger partial charge on any atom is 0.340 e. The van der Waals surface area contributed by atoms with Crippen molar-refractivity contribution in [2.24, 2.45) is 7.05 Å². The van der Waals surface area contributed by atoms with Gasteiger partial charge in [0.05, 0.1) is 22.0 Å². The molecule has 1 aromatic heterocycles. The molecule has 3 rings (SSSR count). The molecular formula is C20H17Cl2N3O4. The first-order valence-electron chi connectivity index (χ1n) is 8.55. The van der Waals surface area contributed by atoms with Crippen LogP contribution in [0.1, 0.15) is 16.1 Å². The van der Waals surface area contributed by atoms with E-state index in [1.54, 1.807) is 30.8 Å². The van der Waals surface area contributed by atoms with E-state index in [2.05, 4.69) is 5.32 Å². The summed E-state index contributed by atoms with van der Waals surface area (Å²) < 4.78 is 8.06. The molecule has 1 amide bonds. The first-order chi connectivity index (χ1) is 13.8. The number of esters is 1. The van der Waals surface area contributed by atoms with Crippen LogP contribution in [0.2, 0.25) is 10.0 Å². The predicted octanol–water partition coefficient (Wildman–Crippen LogP) is 3.59. The van der Waals surface area contributed by atoms with Crippen LogP contribution in [0.3, 0.4) is 0 Å². The van der Waals surface area contributed by atoms with Gasteiger partial charge in [0.2, 0.25) is 0 Å². The van der Waals surface area contributed by atoms with Crippen LogP contribution in [-0.2, 0) is 16.6 Å². The van der Waals surface area contributed by atoms with Crippen LogP contribution in [-0.4, -0.2) is 27.8 Å². The molecule has 150 valence electrons. The first kappa shape index (κ1) is 20.7. The fraction of sp³-hybridized carbons (Fsp3) is 0.150. The molecule has 0 bridgehead atoms. The normalized spacial score (nSPS) is 10.6. The highest BCUT2D eigenvalue weighted by Crippen LogP contribution is 2.21. The topological polar surface area (TPSA) is 82.3 Å². The quantitative estimate of drug-likeness (QED) is 0.623. The third-order valence-electron chi connectivity index (χ3n) is 4.30. The number of carbonyl (C=O) groups excluding carboxylic acids is 2. The van der Waals surface area contributed by atoms with Gasteiger partial charge in [0.1, 0.15) is 5.69 Å². The average molecular weight is 434 g/mol. The molecule has 1 heterocycles. The zero-order valence-electron chi connectivity index (χ0n) is 15.6. The van der Waals surface area contributed by atoms with Crippen LogP contribution in [0.5, 0.6) is 0 Å². The van der Waals surface area contributed by atoms with E-state index in [9.17, 15) is 14.4 Å². The SMILES string of the molecule is Cc1c(NC(=O)COC(=O)c2ccc(Cl)cc2Cl)c(=O)n(-c2ccccc2)n1C. The van der Waals surface area contributed by atoms with Gasteiger partial charge in [-0.3, -0.25) is 14.3 Å². The number of hydrogen-bond acceptors (Lipinski definition) is 4. The van der Waals surface area contributed by atoms with Gasteiger partial charge in [0.25, 0.3) is 11.5 Å².